The Morgan fingerprint density at radius 1 is 0.980 bits per heavy atom. The van der Waals surface area contributed by atoms with Crippen LogP contribution in [0.1, 0.15) is 55.3 Å². The van der Waals surface area contributed by atoms with Gasteiger partial charge in [0.25, 0.3) is 0 Å². The maximum atomic E-state index is 13.9. The van der Waals surface area contributed by atoms with Gasteiger partial charge in [0.1, 0.15) is 30.5 Å². The average Bonchev–Trinajstić information content (AvgIpc) is 3.64. The molecular weight excluding hydrogens is 672 g/mol. The summed E-state index contributed by atoms with van der Waals surface area (Å²) in [5.74, 6) is -4.62. The molecule has 0 spiro atoms. The van der Waals surface area contributed by atoms with Crippen molar-refractivity contribution in [2.45, 2.75) is 57.7 Å². The number of nitrogens with zero attached hydrogens (tertiary/aromatic N) is 1. The first-order valence-corrected chi connectivity index (χ1v) is 15.9. The van der Waals surface area contributed by atoms with Crippen LogP contribution in [0.3, 0.4) is 0 Å². The summed E-state index contributed by atoms with van der Waals surface area (Å²) in [5, 5.41) is 31.6. The second-order valence-electron chi connectivity index (χ2n) is 12.2. The van der Waals surface area contributed by atoms with E-state index in [2.05, 4.69) is 0 Å². The number of halogens is 6. The zero-order valence-corrected chi connectivity index (χ0v) is 26.8. The Morgan fingerprint density at radius 2 is 1.64 bits per heavy atom. The van der Waals surface area contributed by atoms with E-state index in [1.54, 1.807) is 48.5 Å². The first-order chi connectivity index (χ1) is 23.7. The van der Waals surface area contributed by atoms with E-state index in [0.717, 1.165) is 5.57 Å². The number of amides is 2. The highest BCUT2D eigenvalue weighted by Gasteiger charge is 2.56. The fourth-order valence-electron chi connectivity index (χ4n) is 6.69. The summed E-state index contributed by atoms with van der Waals surface area (Å²) in [5.41, 5.74) is -2.80. The average molecular weight is 708 g/mol. The van der Waals surface area contributed by atoms with Gasteiger partial charge in [-0.15, -0.1) is 0 Å². The summed E-state index contributed by atoms with van der Waals surface area (Å²) < 4.78 is 93.6. The van der Waals surface area contributed by atoms with Gasteiger partial charge in [-0.3, -0.25) is 9.59 Å². The van der Waals surface area contributed by atoms with Crippen LogP contribution in [0.2, 0.25) is 0 Å². The third-order valence-electron chi connectivity index (χ3n) is 9.10. The van der Waals surface area contributed by atoms with Crippen molar-refractivity contribution < 1.29 is 60.4 Å². The molecule has 5 rings (SSSR count). The molecular formula is C36H35F6NO7. The Kier molecular flexibility index (Phi) is 10.9. The molecule has 268 valence electrons. The Hall–Kier alpha value is -4.40. The van der Waals surface area contributed by atoms with E-state index in [-0.39, 0.29) is 37.7 Å². The van der Waals surface area contributed by atoms with E-state index in [1.165, 1.54) is 0 Å². The molecule has 0 saturated carbocycles. The molecule has 1 saturated heterocycles. The lowest BCUT2D eigenvalue weighted by atomic mass is 9.68. The van der Waals surface area contributed by atoms with Crippen molar-refractivity contribution in [3.8, 4) is 5.75 Å². The second-order valence-corrected chi connectivity index (χ2v) is 12.2. The second kappa shape index (κ2) is 14.8. The number of fused-ring (bicyclic) bond motifs is 1. The fourth-order valence-corrected chi connectivity index (χ4v) is 6.69. The van der Waals surface area contributed by atoms with E-state index >= 15 is 0 Å². The number of hydrogen-bond donors (Lipinski definition) is 3. The third-order valence-corrected chi connectivity index (χ3v) is 9.10. The van der Waals surface area contributed by atoms with Crippen LogP contribution in [0.25, 0.3) is 6.08 Å². The number of carbonyl (C=O) groups excluding carboxylic acids is 2. The summed E-state index contributed by atoms with van der Waals surface area (Å²) in [7, 11) is 0. The Morgan fingerprint density at radius 3 is 2.20 bits per heavy atom. The highest BCUT2D eigenvalue weighted by molar-refractivity contribution is 6.22. The zero-order valence-electron chi connectivity index (χ0n) is 26.8. The number of para-hydroxylation sites is 1. The Labute approximate surface area is 283 Å². The van der Waals surface area contributed by atoms with Gasteiger partial charge in [0.05, 0.1) is 41.4 Å². The highest BCUT2D eigenvalue weighted by Crippen LogP contribution is 2.48. The minimum Gasteiger partial charge on any atom is -0.489 e. The predicted molar refractivity (Wildman–Crippen MR) is 168 cm³/mol. The van der Waals surface area contributed by atoms with Gasteiger partial charge < -0.3 is 24.5 Å². The molecule has 0 bridgehead atoms. The van der Waals surface area contributed by atoms with Gasteiger partial charge in [0, 0.05) is 5.92 Å². The van der Waals surface area contributed by atoms with Crippen LogP contribution >= 0.6 is 0 Å². The number of benzene rings is 2. The molecule has 0 unspecified atom stereocenters. The number of ether oxygens (including phenoxy) is 1. The first kappa shape index (κ1) is 36.9. The summed E-state index contributed by atoms with van der Waals surface area (Å²) in [6.45, 7) is 0.685. The number of aliphatic hydroxyl groups excluding tert-OH is 3. The van der Waals surface area contributed by atoms with Crippen LogP contribution in [0, 0.1) is 17.8 Å². The molecule has 2 aliphatic rings. The summed E-state index contributed by atoms with van der Waals surface area (Å²) >= 11 is 0. The van der Waals surface area contributed by atoms with Crippen molar-refractivity contribution in [1.82, 2.24) is 0 Å². The van der Waals surface area contributed by atoms with Crippen LogP contribution in [0.15, 0.2) is 81.8 Å². The van der Waals surface area contributed by atoms with E-state index in [1.807, 2.05) is 6.92 Å². The minimum atomic E-state index is -5.22. The van der Waals surface area contributed by atoms with E-state index in [0.29, 0.717) is 52.7 Å². The van der Waals surface area contributed by atoms with Crippen molar-refractivity contribution in [3.05, 3.63) is 100 Å². The van der Waals surface area contributed by atoms with Crippen LogP contribution in [-0.4, -0.2) is 46.5 Å². The van der Waals surface area contributed by atoms with Crippen LogP contribution in [0.5, 0.6) is 5.75 Å². The van der Waals surface area contributed by atoms with E-state index in [9.17, 15) is 51.3 Å². The maximum Gasteiger partial charge on any atom is 0.416 e. The lowest BCUT2D eigenvalue weighted by Crippen LogP contribution is -2.40. The molecule has 1 aliphatic carbocycles. The quantitative estimate of drug-likeness (QED) is 0.106. The van der Waals surface area contributed by atoms with Gasteiger partial charge in [-0.1, -0.05) is 30.7 Å². The van der Waals surface area contributed by atoms with Crippen LogP contribution in [-0.2, 0) is 28.5 Å². The molecule has 2 amide bonds. The number of allylic oxidation sites excluding steroid dienone is 1. The van der Waals surface area contributed by atoms with Gasteiger partial charge in [0.15, 0.2) is 0 Å². The monoisotopic (exact) mass is 707 g/mol. The normalized spacial score (nSPS) is 20.8. The summed E-state index contributed by atoms with van der Waals surface area (Å²) in [6.07, 6.45) is -9.14. The highest BCUT2D eigenvalue weighted by atomic mass is 19.4. The van der Waals surface area contributed by atoms with Gasteiger partial charge in [-0.05, 0) is 85.4 Å². The number of hydrogen-bond acceptors (Lipinski definition) is 7. The number of rotatable bonds is 12. The lowest BCUT2D eigenvalue weighted by molar-refractivity contribution is -0.143. The molecule has 14 heteroatoms. The molecule has 1 aliphatic heterocycles. The fraction of sp³-hybridized carbons (Fsp3) is 0.389. The number of alkyl halides is 6. The molecule has 50 heavy (non-hydrogen) atoms. The van der Waals surface area contributed by atoms with Gasteiger partial charge >= 0.3 is 12.4 Å². The number of imide groups is 1. The number of aliphatic hydroxyl groups is 3. The molecule has 1 aromatic heterocycles. The van der Waals surface area contributed by atoms with Crippen molar-refractivity contribution in [3.63, 3.8) is 0 Å². The minimum absolute atomic E-state index is 0.0937. The van der Waals surface area contributed by atoms with Crippen molar-refractivity contribution in [2.75, 3.05) is 18.1 Å². The van der Waals surface area contributed by atoms with Gasteiger partial charge in [-0.25, -0.2) is 4.90 Å². The SMILES string of the molecule is CC/C(=C\c1ccc(CO)o1)CC[C@@H](O)C1=C(COc2ccccc2)C[C@H]2C(=O)N(c3cc(C(F)(F)F)cc(C(F)(F)F)c3)C(=O)[C@H]2[C@H]1CO. The summed E-state index contributed by atoms with van der Waals surface area (Å²) in [6, 6.07) is 12.4. The largest absolute Gasteiger partial charge is 0.489 e. The van der Waals surface area contributed by atoms with Crippen LogP contribution < -0.4 is 9.64 Å². The van der Waals surface area contributed by atoms with E-state index in [4.69, 9.17) is 9.15 Å². The molecule has 2 aromatic carbocycles. The zero-order chi connectivity index (χ0) is 36.4. The molecule has 8 nitrogen and oxygen atoms in total. The number of anilines is 1. The molecule has 4 atom stereocenters. The molecule has 2 heterocycles. The standard InChI is InChI=1S/C36H35F6NO7/c1-2-20(12-26-9-10-27(17-44)50-26)8-11-30(46)31-21(19-49-25-6-4-3-5-7-25)13-28-32(29(31)18-45)34(48)43(33(28)47)24-15-22(35(37,38)39)14-23(16-24)36(40,41)42/h3-7,9-10,12,14-16,28-30,32,44-46H,2,8,11,13,17-19H2,1H3/b20-12+/t28-,29+,30-,32-/m1/s1. The summed E-state index contributed by atoms with van der Waals surface area (Å²) in [4.78, 5) is 28.0. The van der Waals surface area contributed by atoms with Crippen LogP contribution in [0.4, 0.5) is 32.0 Å². The first-order valence-electron chi connectivity index (χ1n) is 15.9. The van der Waals surface area contributed by atoms with Gasteiger partial charge in [-0.2, -0.15) is 26.3 Å². The topological polar surface area (TPSA) is 120 Å². The lowest BCUT2D eigenvalue weighted by Gasteiger charge is -2.36. The molecule has 3 N–H and O–H groups in total. The third kappa shape index (κ3) is 7.82. The Bertz CT molecular complexity index is 1730. The number of furan rings is 1. The molecule has 0 radical (unpaired) electrons. The van der Waals surface area contributed by atoms with Crippen molar-refractivity contribution >= 4 is 23.6 Å². The smallest absolute Gasteiger partial charge is 0.416 e. The Balaban J connectivity index is 1.50. The number of carbonyl (C=O) groups is 2. The van der Waals surface area contributed by atoms with Crippen molar-refractivity contribution in [2.24, 2.45) is 17.8 Å². The molecule has 3 aromatic rings. The predicted octanol–water partition coefficient (Wildman–Crippen LogP) is 6.94. The maximum absolute atomic E-state index is 13.9. The van der Waals surface area contributed by atoms with Crippen molar-refractivity contribution in [1.29, 1.82) is 0 Å². The van der Waals surface area contributed by atoms with Gasteiger partial charge in [0.2, 0.25) is 11.8 Å². The molecule has 1 fully saturated rings. The van der Waals surface area contributed by atoms with E-state index < -0.39 is 71.4 Å².